The van der Waals surface area contributed by atoms with E-state index in [1.807, 2.05) is 0 Å². The highest BCUT2D eigenvalue weighted by Crippen LogP contribution is 2.13. The Morgan fingerprint density at radius 1 is 1.18 bits per heavy atom. The average molecular weight is 309 g/mol. The highest BCUT2D eigenvalue weighted by Gasteiger charge is 2.07. The van der Waals surface area contributed by atoms with Crippen LogP contribution in [0.5, 0.6) is 0 Å². The minimum absolute atomic E-state index is 0.188. The first-order chi connectivity index (χ1) is 10.4. The van der Waals surface area contributed by atoms with Crippen molar-refractivity contribution in [2.75, 3.05) is 18.5 Å². The van der Waals surface area contributed by atoms with Gasteiger partial charge in [0, 0.05) is 17.8 Å². The van der Waals surface area contributed by atoms with Gasteiger partial charge in [-0.2, -0.15) is 0 Å². The van der Waals surface area contributed by atoms with Gasteiger partial charge in [-0.3, -0.25) is 4.79 Å². The van der Waals surface area contributed by atoms with Crippen LogP contribution in [0.25, 0.3) is 0 Å². The van der Waals surface area contributed by atoms with E-state index in [1.165, 1.54) is 12.1 Å². The van der Waals surface area contributed by atoms with E-state index in [4.69, 9.17) is 0 Å². The van der Waals surface area contributed by atoms with Crippen molar-refractivity contribution in [3.05, 3.63) is 41.7 Å². The Morgan fingerprint density at radius 2 is 1.82 bits per heavy atom. The summed E-state index contributed by atoms with van der Waals surface area (Å²) in [6.45, 7) is 2.86. The minimum Gasteiger partial charge on any atom is -0.463 e. The molecule has 0 fully saturated rings. The number of benzene rings is 1. The summed E-state index contributed by atoms with van der Waals surface area (Å²) in [6.07, 6.45) is 1.76. The molecular formula is C15H16FNO5. The van der Waals surface area contributed by atoms with Crippen LogP contribution in [0.2, 0.25) is 0 Å². The number of esters is 2. The fraction of sp³-hybridized carbons (Fsp3) is 0.267. The second-order valence-corrected chi connectivity index (χ2v) is 4.21. The molecule has 0 bridgehead atoms. The Hall–Kier alpha value is -2.70. The van der Waals surface area contributed by atoms with Crippen LogP contribution in [0.15, 0.2) is 30.4 Å². The van der Waals surface area contributed by atoms with Crippen molar-refractivity contribution < 1.29 is 28.2 Å². The van der Waals surface area contributed by atoms with Gasteiger partial charge in [-0.25, -0.2) is 14.0 Å². The van der Waals surface area contributed by atoms with Crippen molar-refractivity contribution in [2.24, 2.45) is 0 Å². The van der Waals surface area contributed by atoms with E-state index in [2.05, 4.69) is 14.8 Å². The van der Waals surface area contributed by atoms with Crippen LogP contribution in [0.4, 0.5) is 10.1 Å². The molecular weight excluding hydrogens is 293 g/mol. The maximum atomic E-state index is 13.3. The molecule has 1 aromatic carbocycles. The molecule has 0 unspecified atom stereocenters. The first kappa shape index (κ1) is 17.4. The Bertz CT molecular complexity index is 598. The van der Waals surface area contributed by atoms with Gasteiger partial charge in [-0.05, 0) is 31.5 Å². The van der Waals surface area contributed by atoms with Gasteiger partial charge in [0.15, 0.2) is 6.61 Å². The molecule has 1 amide bonds. The Labute approximate surface area is 126 Å². The second kappa shape index (κ2) is 8.56. The van der Waals surface area contributed by atoms with Crippen molar-refractivity contribution in [3.63, 3.8) is 0 Å². The van der Waals surface area contributed by atoms with Crippen LogP contribution in [0, 0.1) is 12.7 Å². The Balaban J connectivity index is 2.41. The summed E-state index contributed by atoms with van der Waals surface area (Å²) >= 11 is 0. The number of aryl methyl sites for hydroxylation is 1. The maximum absolute atomic E-state index is 13.3. The molecule has 22 heavy (non-hydrogen) atoms. The zero-order chi connectivity index (χ0) is 16.5. The summed E-state index contributed by atoms with van der Waals surface area (Å²) in [7, 11) is 0. The Morgan fingerprint density at radius 3 is 2.41 bits per heavy atom. The van der Waals surface area contributed by atoms with Crippen LogP contribution < -0.4 is 5.32 Å². The van der Waals surface area contributed by atoms with Crippen LogP contribution in [-0.2, 0) is 23.9 Å². The number of amides is 1. The molecule has 0 aliphatic carbocycles. The van der Waals surface area contributed by atoms with E-state index in [0.717, 1.165) is 18.2 Å². The molecule has 0 aliphatic rings. The third-order valence-corrected chi connectivity index (χ3v) is 2.44. The zero-order valence-electron chi connectivity index (χ0n) is 12.2. The normalized spacial score (nSPS) is 10.3. The van der Waals surface area contributed by atoms with Crippen molar-refractivity contribution in [1.82, 2.24) is 0 Å². The number of halogens is 1. The van der Waals surface area contributed by atoms with Gasteiger partial charge >= 0.3 is 11.9 Å². The third kappa shape index (κ3) is 6.17. The summed E-state index contributed by atoms with van der Waals surface area (Å²) in [6, 6.07) is 4.20. The highest BCUT2D eigenvalue weighted by atomic mass is 19.1. The molecule has 0 saturated heterocycles. The third-order valence-electron chi connectivity index (χ3n) is 2.44. The standard InChI is InChI=1S/C15H16FNO5/c1-3-21-14(19)6-7-15(20)22-9-13(18)17-11-5-4-10(2)12(16)8-11/h4-8H,3,9H2,1-2H3,(H,17,18)/b7-6+. The quantitative estimate of drug-likeness (QED) is 0.639. The maximum Gasteiger partial charge on any atom is 0.331 e. The number of nitrogens with one attached hydrogen (secondary N) is 1. The fourth-order valence-corrected chi connectivity index (χ4v) is 1.38. The number of hydrogen-bond acceptors (Lipinski definition) is 5. The molecule has 0 heterocycles. The number of hydrogen-bond donors (Lipinski definition) is 1. The molecule has 7 heteroatoms. The van der Waals surface area contributed by atoms with E-state index in [0.29, 0.717) is 5.56 Å². The smallest absolute Gasteiger partial charge is 0.331 e. The Kier molecular flexibility index (Phi) is 6.75. The number of carbonyl (C=O) groups is 3. The minimum atomic E-state index is -0.863. The van der Waals surface area contributed by atoms with Crippen LogP contribution in [0.3, 0.4) is 0 Å². The molecule has 118 valence electrons. The van der Waals surface area contributed by atoms with E-state index in [-0.39, 0.29) is 12.3 Å². The predicted molar refractivity (Wildman–Crippen MR) is 76.5 cm³/mol. The number of anilines is 1. The molecule has 0 aromatic heterocycles. The molecule has 0 radical (unpaired) electrons. The average Bonchev–Trinajstić information content (AvgIpc) is 2.47. The molecule has 1 aromatic rings. The molecule has 1 rings (SSSR count). The predicted octanol–water partition coefficient (Wildman–Crippen LogP) is 1.74. The molecule has 1 N–H and O–H groups in total. The monoisotopic (exact) mass is 309 g/mol. The fourth-order valence-electron chi connectivity index (χ4n) is 1.38. The molecule has 0 aliphatic heterocycles. The van der Waals surface area contributed by atoms with Gasteiger partial charge in [-0.1, -0.05) is 6.07 Å². The largest absolute Gasteiger partial charge is 0.463 e. The van der Waals surface area contributed by atoms with Crippen LogP contribution >= 0.6 is 0 Å². The molecule has 0 spiro atoms. The summed E-state index contributed by atoms with van der Waals surface area (Å²) < 4.78 is 22.5. The lowest BCUT2D eigenvalue weighted by molar-refractivity contribution is -0.143. The zero-order valence-corrected chi connectivity index (χ0v) is 12.2. The molecule has 0 atom stereocenters. The first-order valence-electron chi connectivity index (χ1n) is 6.50. The van der Waals surface area contributed by atoms with Crippen molar-refractivity contribution in [3.8, 4) is 0 Å². The summed E-state index contributed by atoms with van der Waals surface area (Å²) in [5, 5.41) is 2.38. The van der Waals surface area contributed by atoms with Crippen LogP contribution in [-0.4, -0.2) is 31.1 Å². The highest BCUT2D eigenvalue weighted by molar-refractivity contribution is 5.95. The van der Waals surface area contributed by atoms with Gasteiger partial charge in [-0.15, -0.1) is 0 Å². The van der Waals surface area contributed by atoms with Gasteiger partial charge in [0.2, 0.25) is 0 Å². The summed E-state index contributed by atoms with van der Waals surface area (Å²) in [4.78, 5) is 33.7. The molecule has 6 nitrogen and oxygen atoms in total. The van der Waals surface area contributed by atoms with E-state index < -0.39 is 30.3 Å². The van der Waals surface area contributed by atoms with E-state index in [1.54, 1.807) is 13.8 Å². The van der Waals surface area contributed by atoms with Crippen LogP contribution in [0.1, 0.15) is 12.5 Å². The first-order valence-corrected chi connectivity index (χ1v) is 6.50. The van der Waals surface area contributed by atoms with Gasteiger partial charge in [0.1, 0.15) is 5.82 Å². The summed E-state index contributed by atoms with van der Waals surface area (Å²) in [5.74, 6) is -2.62. The molecule has 0 saturated carbocycles. The number of ether oxygens (including phenoxy) is 2. The van der Waals surface area contributed by atoms with Gasteiger partial charge in [0.25, 0.3) is 5.91 Å². The van der Waals surface area contributed by atoms with Gasteiger partial charge in [0.05, 0.1) is 6.61 Å². The van der Waals surface area contributed by atoms with E-state index in [9.17, 15) is 18.8 Å². The summed E-state index contributed by atoms with van der Waals surface area (Å²) in [5.41, 5.74) is 0.708. The van der Waals surface area contributed by atoms with E-state index >= 15 is 0 Å². The van der Waals surface area contributed by atoms with Gasteiger partial charge < -0.3 is 14.8 Å². The lowest BCUT2D eigenvalue weighted by Gasteiger charge is -2.06. The SMILES string of the molecule is CCOC(=O)/C=C/C(=O)OCC(=O)Nc1ccc(C)c(F)c1. The van der Waals surface area contributed by atoms with Crippen molar-refractivity contribution >= 4 is 23.5 Å². The number of carbonyl (C=O) groups excluding carboxylic acids is 3. The lowest BCUT2D eigenvalue weighted by Crippen LogP contribution is -2.20. The van der Waals surface area contributed by atoms with Crippen molar-refractivity contribution in [1.29, 1.82) is 0 Å². The van der Waals surface area contributed by atoms with Crippen molar-refractivity contribution in [2.45, 2.75) is 13.8 Å². The number of rotatable bonds is 6. The second-order valence-electron chi connectivity index (χ2n) is 4.21. The lowest BCUT2D eigenvalue weighted by atomic mass is 10.2. The topological polar surface area (TPSA) is 81.7 Å².